The van der Waals surface area contributed by atoms with Gasteiger partial charge in [-0.05, 0) is 38.0 Å². The maximum Gasteiger partial charge on any atom is 0.355 e. The summed E-state index contributed by atoms with van der Waals surface area (Å²) in [6.07, 6.45) is 1.11. The van der Waals surface area contributed by atoms with Crippen molar-refractivity contribution in [3.63, 3.8) is 0 Å². The summed E-state index contributed by atoms with van der Waals surface area (Å²) < 4.78 is 7.29. The third-order valence-electron chi connectivity index (χ3n) is 4.46. The van der Waals surface area contributed by atoms with Gasteiger partial charge in [0.1, 0.15) is 11.5 Å². The molecule has 0 aliphatic heterocycles. The summed E-state index contributed by atoms with van der Waals surface area (Å²) in [6, 6.07) is 15.4. The molecule has 0 N–H and O–H groups in total. The second kappa shape index (κ2) is 8.40. The van der Waals surface area contributed by atoms with E-state index in [2.05, 4.69) is 0 Å². The van der Waals surface area contributed by atoms with E-state index in [9.17, 15) is 9.59 Å². The smallest absolute Gasteiger partial charge is 0.355 e. The number of hydrogen-bond acceptors (Lipinski definition) is 3. The lowest BCUT2D eigenvalue weighted by Gasteiger charge is -2.13. The lowest BCUT2D eigenvalue weighted by molar-refractivity contribution is -0.117. The normalized spacial score (nSPS) is 10.9. The maximum absolute atomic E-state index is 12.8. The van der Waals surface area contributed by atoms with Gasteiger partial charge in [0.15, 0.2) is 0 Å². The minimum Gasteiger partial charge on any atom is -0.461 e. The van der Waals surface area contributed by atoms with Crippen molar-refractivity contribution in [3.05, 3.63) is 59.2 Å². The molecule has 0 radical (unpaired) electrons. The number of halogens is 1. The van der Waals surface area contributed by atoms with Gasteiger partial charge in [-0.2, -0.15) is 0 Å². The predicted molar refractivity (Wildman–Crippen MR) is 108 cm³/mol. The van der Waals surface area contributed by atoms with Crippen molar-refractivity contribution in [3.8, 4) is 11.3 Å². The van der Waals surface area contributed by atoms with Gasteiger partial charge in [-0.15, -0.1) is 0 Å². The highest BCUT2D eigenvalue weighted by molar-refractivity contribution is 6.31. The van der Waals surface area contributed by atoms with Crippen LogP contribution in [0.2, 0.25) is 5.02 Å². The lowest BCUT2D eigenvalue weighted by Crippen LogP contribution is -2.14. The van der Waals surface area contributed by atoms with E-state index in [0.29, 0.717) is 36.7 Å². The van der Waals surface area contributed by atoms with Crippen LogP contribution in [0.5, 0.6) is 0 Å². The Morgan fingerprint density at radius 3 is 2.48 bits per heavy atom. The summed E-state index contributed by atoms with van der Waals surface area (Å²) >= 11 is 6.26. The van der Waals surface area contributed by atoms with Crippen molar-refractivity contribution >= 4 is 34.1 Å². The van der Waals surface area contributed by atoms with E-state index in [-0.39, 0.29) is 11.8 Å². The van der Waals surface area contributed by atoms with Crippen LogP contribution in [0.1, 0.15) is 37.2 Å². The van der Waals surface area contributed by atoms with Crippen molar-refractivity contribution < 1.29 is 14.3 Å². The van der Waals surface area contributed by atoms with Crippen LogP contribution in [-0.4, -0.2) is 22.9 Å². The molecule has 0 unspecified atom stereocenters. The van der Waals surface area contributed by atoms with Crippen molar-refractivity contribution in [2.75, 3.05) is 6.61 Å². The fraction of sp³-hybridized carbons (Fsp3) is 0.273. The average Bonchev–Trinajstić information content (AvgIpc) is 2.95. The minimum atomic E-state index is -0.366. The van der Waals surface area contributed by atoms with E-state index < -0.39 is 0 Å². The molecule has 1 aromatic heterocycles. The number of aromatic nitrogens is 1. The van der Waals surface area contributed by atoms with Gasteiger partial charge in [-0.1, -0.05) is 48.0 Å². The Kier molecular flexibility index (Phi) is 5.97. The molecule has 0 aliphatic rings. The monoisotopic (exact) mass is 383 g/mol. The van der Waals surface area contributed by atoms with Crippen molar-refractivity contribution in [2.45, 2.75) is 33.2 Å². The van der Waals surface area contributed by atoms with Crippen LogP contribution in [0.4, 0.5) is 0 Å². The molecular weight excluding hydrogens is 362 g/mol. The first kappa shape index (κ1) is 19.2. The first-order valence-electron chi connectivity index (χ1n) is 9.06. The topological polar surface area (TPSA) is 48.3 Å². The summed E-state index contributed by atoms with van der Waals surface area (Å²) in [5, 5.41) is 2.31. The molecule has 0 bridgehead atoms. The zero-order valence-electron chi connectivity index (χ0n) is 15.5. The fourth-order valence-electron chi connectivity index (χ4n) is 3.36. The highest BCUT2D eigenvalue weighted by Crippen LogP contribution is 2.36. The Morgan fingerprint density at radius 1 is 1.07 bits per heavy atom. The number of carbonyl (C=O) groups excluding carboxylic acids is 2. The molecule has 0 fully saturated rings. The Hall–Kier alpha value is -2.59. The first-order chi connectivity index (χ1) is 13.0. The Balaban J connectivity index is 2.26. The zero-order valence-corrected chi connectivity index (χ0v) is 16.3. The van der Waals surface area contributed by atoms with Gasteiger partial charge in [0, 0.05) is 28.8 Å². The van der Waals surface area contributed by atoms with Crippen LogP contribution >= 0.6 is 11.6 Å². The van der Waals surface area contributed by atoms with Crippen LogP contribution in [0.25, 0.3) is 22.0 Å². The molecule has 2 aromatic carbocycles. The third-order valence-corrected chi connectivity index (χ3v) is 4.69. The maximum atomic E-state index is 12.8. The molecule has 0 aliphatic carbocycles. The molecule has 0 atom stereocenters. The van der Waals surface area contributed by atoms with Gasteiger partial charge >= 0.3 is 5.97 Å². The van der Waals surface area contributed by atoms with Gasteiger partial charge < -0.3 is 14.1 Å². The molecule has 3 aromatic rings. The summed E-state index contributed by atoms with van der Waals surface area (Å²) in [4.78, 5) is 24.2. The number of ketones is 1. The lowest BCUT2D eigenvalue weighted by atomic mass is 10.1. The molecule has 0 saturated carbocycles. The standard InChI is InChI=1S/C22H22ClNO3/c1-3-27-22(26)21-18-12-11-17(23)14-19(18)20(16-9-5-4-6-10-16)24(21)13-7-8-15(2)25/h4-6,9-12,14H,3,7-8,13H2,1-2H3. The molecule has 140 valence electrons. The van der Waals surface area contributed by atoms with Crippen LogP contribution in [-0.2, 0) is 16.1 Å². The van der Waals surface area contributed by atoms with Gasteiger partial charge in [0.2, 0.25) is 0 Å². The molecule has 3 rings (SSSR count). The number of Topliss-reactive ketones (excluding diaryl/α,β-unsaturated/α-hetero) is 1. The number of benzene rings is 2. The first-order valence-corrected chi connectivity index (χ1v) is 9.44. The van der Waals surface area contributed by atoms with Crippen molar-refractivity contribution in [1.82, 2.24) is 4.57 Å². The summed E-state index contributed by atoms with van der Waals surface area (Å²) in [5.41, 5.74) is 2.41. The third kappa shape index (κ3) is 4.06. The minimum absolute atomic E-state index is 0.133. The Morgan fingerprint density at radius 2 is 1.81 bits per heavy atom. The molecule has 1 heterocycles. The van der Waals surface area contributed by atoms with E-state index in [0.717, 1.165) is 22.0 Å². The largest absolute Gasteiger partial charge is 0.461 e. The molecule has 5 heteroatoms. The number of rotatable bonds is 7. The van der Waals surface area contributed by atoms with E-state index >= 15 is 0 Å². The van der Waals surface area contributed by atoms with Crippen molar-refractivity contribution in [1.29, 1.82) is 0 Å². The number of carbonyl (C=O) groups is 2. The van der Waals surface area contributed by atoms with Crippen molar-refractivity contribution in [2.24, 2.45) is 0 Å². The zero-order chi connectivity index (χ0) is 19.4. The number of nitrogens with zero attached hydrogens (tertiary/aromatic N) is 1. The van der Waals surface area contributed by atoms with Gasteiger partial charge in [0.25, 0.3) is 0 Å². The second-order valence-electron chi connectivity index (χ2n) is 6.43. The average molecular weight is 384 g/mol. The molecule has 4 nitrogen and oxygen atoms in total. The number of esters is 1. The molecule has 27 heavy (non-hydrogen) atoms. The number of ether oxygens (including phenoxy) is 1. The predicted octanol–water partition coefficient (Wildman–Crippen LogP) is 5.51. The van der Waals surface area contributed by atoms with Crippen LogP contribution in [0, 0.1) is 0 Å². The molecule has 0 amide bonds. The SMILES string of the molecule is CCOC(=O)c1c2ccc(Cl)cc2c(-c2ccccc2)n1CCCC(C)=O. The summed E-state index contributed by atoms with van der Waals surface area (Å²) in [6.45, 7) is 4.21. The van der Waals surface area contributed by atoms with E-state index in [1.54, 1.807) is 19.9 Å². The number of hydrogen-bond donors (Lipinski definition) is 0. The fourth-order valence-corrected chi connectivity index (χ4v) is 3.53. The van der Waals surface area contributed by atoms with Gasteiger partial charge in [0.05, 0.1) is 12.3 Å². The molecular formula is C22H22ClNO3. The summed E-state index contributed by atoms with van der Waals surface area (Å²) in [5.74, 6) is -0.233. The van der Waals surface area contributed by atoms with Gasteiger partial charge in [-0.25, -0.2) is 4.79 Å². The van der Waals surface area contributed by atoms with Crippen LogP contribution in [0.15, 0.2) is 48.5 Å². The Bertz CT molecular complexity index is 976. The number of fused-ring (bicyclic) bond motifs is 1. The highest BCUT2D eigenvalue weighted by atomic mass is 35.5. The molecule has 0 saturated heterocycles. The summed E-state index contributed by atoms with van der Waals surface area (Å²) in [7, 11) is 0. The molecule has 0 spiro atoms. The van der Waals surface area contributed by atoms with Crippen LogP contribution < -0.4 is 0 Å². The second-order valence-corrected chi connectivity index (χ2v) is 6.87. The van der Waals surface area contributed by atoms with Gasteiger partial charge in [-0.3, -0.25) is 0 Å². The quantitative estimate of drug-likeness (QED) is 0.505. The van der Waals surface area contributed by atoms with Crippen LogP contribution in [0.3, 0.4) is 0 Å². The Labute approximate surface area is 163 Å². The van der Waals surface area contributed by atoms with E-state index in [1.807, 2.05) is 47.0 Å². The van der Waals surface area contributed by atoms with E-state index in [4.69, 9.17) is 16.3 Å². The highest BCUT2D eigenvalue weighted by Gasteiger charge is 2.24. The van der Waals surface area contributed by atoms with E-state index in [1.165, 1.54) is 0 Å².